The second-order valence-corrected chi connectivity index (χ2v) is 8.42. The zero-order chi connectivity index (χ0) is 21.4. The average molecular weight is 526 g/mol. The Morgan fingerprint density at radius 2 is 2.17 bits per heavy atom. The smallest absolute Gasteiger partial charge is 0.312 e. The highest BCUT2D eigenvalue weighted by atomic mass is 127. The zero-order valence-electron chi connectivity index (χ0n) is 16.4. The molecule has 0 radical (unpaired) electrons. The first-order valence-corrected chi connectivity index (χ1v) is 10.8. The Hall–Kier alpha value is -2.37. The fourth-order valence-corrected chi connectivity index (χ4v) is 4.56. The molecule has 1 amide bonds. The lowest BCUT2D eigenvalue weighted by Gasteiger charge is -2.12. The first kappa shape index (κ1) is 20.9. The van der Waals surface area contributed by atoms with E-state index in [1.54, 1.807) is 4.57 Å². The molecule has 1 atom stereocenters. The third kappa shape index (κ3) is 3.96. The van der Waals surface area contributed by atoms with Crippen molar-refractivity contribution in [1.82, 2.24) is 24.8 Å². The van der Waals surface area contributed by atoms with Gasteiger partial charge in [0, 0.05) is 29.5 Å². The molecule has 158 valence electrons. The van der Waals surface area contributed by atoms with Crippen molar-refractivity contribution in [2.45, 2.75) is 45.3 Å². The number of hydrogen-bond donors (Lipinski definition) is 2. The molecule has 0 saturated carbocycles. The number of carbonyl (C=O) groups is 1. The third-order valence-electron chi connectivity index (χ3n) is 5.27. The van der Waals surface area contributed by atoms with Crippen molar-refractivity contribution in [2.24, 2.45) is 0 Å². The van der Waals surface area contributed by atoms with Crippen molar-refractivity contribution in [3.05, 3.63) is 44.3 Å². The van der Waals surface area contributed by atoms with E-state index in [-0.39, 0.29) is 30.3 Å². The monoisotopic (exact) mass is 526 g/mol. The van der Waals surface area contributed by atoms with Gasteiger partial charge >= 0.3 is 6.08 Å². The number of hydrogen-bond acceptors (Lipinski definition) is 5. The van der Waals surface area contributed by atoms with E-state index in [0.717, 1.165) is 26.7 Å². The number of carbonyl (C=O) groups excluding carboxylic acids is 1. The van der Waals surface area contributed by atoms with Crippen LogP contribution in [-0.2, 0) is 24.2 Å². The zero-order valence-corrected chi connectivity index (χ0v) is 18.5. The van der Waals surface area contributed by atoms with E-state index < -0.39 is 12.2 Å². The summed E-state index contributed by atoms with van der Waals surface area (Å²) in [7, 11) is 0. The van der Waals surface area contributed by atoms with Gasteiger partial charge in [0.1, 0.15) is 12.0 Å². The van der Waals surface area contributed by atoms with Gasteiger partial charge in [-0.15, -0.1) is 0 Å². The summed E-state index contributed by atoms with van der Waals surface area (Å²) in [6.45, 7) is 2.63. The molecule has 30 heavy (non-hydrogen) atoms. The SMILES string of the molecule is CCNC(=O)CCn1c(Cc2cc3c(cc2I)CCC3F)nc2c(N)nc(F)nc21. The van der Waals surface area contributed by atoms with Gasteiger partial charge in [-0.05, 0) is 65.1 Å². The van der Waals surface area contributed by atoms with Gasteiger partial charge in [-0.25, -0.2) is 9.37 Å². The molecule has 3 N–H and O–H groups in total. The summed E-state index contributed by atoms with van der Waals surface area (Å²) in [6, 6.07) is 3.90. The second kappa shape index (κ2) is 8.40. The number of alkyl halides is 1. The number of halogens is 3. The van der Waals surface area contributed by atoms with Crippen LogP contribution >= 0.6 is 22.6 Å². The standard InChI is InChI=1S/C20H21F2IN6O/c1-2-25-16(30)5-6-29-15(26-17-18(24)27-20(22)28-19(17)29)9-11-7-12-10(8-14(11)23)3-4-13(12)21/h7-8,13H,2-6,9H2,1H3,(H,25,30)(H2,24,27,28). The molecule has 2 aromatic heterocycles. The number of amides is 1. The van der Waals surface area contributed by atoms with E-state index in [1.807, 2.05) is 19.1 Å². The Kier molecular flexibility index (Phi) is 5.85. The number of nitrogen functional groups attached to an aromatic ring is 1. The number of imidazole rings is 1. The van der Waals surface area contributed by atoms with Crippen LogP contribution in [0.4, 0.5) is 14.6 Å². The lowest BCUT2D eigenvalue weighted by molar-refractivity contribution is -0.121. The number of rotatable bonds is 6. The lowest BCUT2D eigenvalue weighted by Crippen LogP contribution is -2.24. The molecule has 7 nitrogen and oxygen atoms in total. The highest BCUT2D eigenvalue weighted by Crippen LogP contribution is 2.36. The fourth-order valence-electron chi connectivity index (χ4n) is 3.84. The van der Waals surface area contributed by atoms with Crippen LogP contribution in [0.2, 0.25) is 0 Å². The minimum Gasteiger partial charge on any atom is -0.382 e. The Morgan fingerprint density at radius 3 is 2.93 bits per heavy atom. The molecule has 0 aliphatic heterocycles. The van der Waals surface area contributed by atoms with Crippen LogP contribution in [0, 0.1) is 9.65 Å². The summed E-state index contributed by atoms with van der Waals surface area (Å²) >= 11 is 2.24. The molecular weight excluding hydrogens is 505 g/mol. The average Bonchev–Trinajstić information content (AvgIpc) is 3.21. The molecule has 10 heteroatoms. The molecule has 0 spiro atoms. The van der Waals surface area contributed by atoms with Gasteiger partial charge < -0.3 is 15.6 Å². The maximum atomic E-state index is 14.2. The van der Waals surface area contributed by atoms with Crippen molar-refractivity contribution in [1.29, 1.82) is 0 Å². The first-order chi connectivity index (χ1) is 14.4. The summed E-state index contributed by atoms with van der Waals surface area (Å²) in [6.07, 6.45) is -0.0910. The summed E-state index contributed by atoms with van der Waals surface area (Å²) in [4.78, 5) is 23.9. The van der Waals surface area contributed by atoms with E-state index in [2.05, 4.69) is 42.9 Å². The van der Waals surface area contributed by atoms with Crippen molar-refractivity contribution in [3.63, 3.8) is 0 Å². The molecule has 0 fully saturated rings. The van der Waals surface area contributed by atoms with Crippen LogP contribution in [0.3, 0.4) is 0 Å². The predicted octanol–water partition coefficient (Wildman–Crippen LogP) is 3.23. The van der Waals surface area contributed by atoms with Crippen LogP contribution in [0.1, 0.15) is 48.5 Å². The maximum Gasteiger partial charge on any atom is 0.312 e. The number of aromatic nitrogens is 4. The Balaban J connectivity index is 1.75. The molecule has 2 heterocycles. The fraction of sp³-hybridized carbons (Fsp3) is 0.400. The van der Waals surface area contributed by atoms with Gasteiger partial charge in [-0.3, -0.25) is 4.79 Å². The van der Waals surface area contributed by atoms with Crippen LogP contribution in [-0.4, -0.2) is 32.0 Å². The van der Waals surface area contributed by atoms with Gasteiger partial charge in [-0.2, -0.15) is 14.4 Å². The first-order valence-electron chi connectivity index (χ1n) is 9.77. The number of nitrogens with zero attached hydrogens (tertiary/aromatic N) is 4. The minimum atomic E-state index is -0.956. The van der Waals surface area contributed by atoms with Crippen LogP contribution in [0.15, 0.2) is 12.1 Å². The summed E-state index contributed by atoms with van der Waals surface area (Å²) < 4.78 is 30.8. The van der Waals surface area contributed by atoms with E-state index >= 15 is 0 Å². The Bertz CT molecular complexity index is 1130. The molecule has 3 aromatic rings. The van der Waals surface area contributed by atoms with Gasteiger partial charge in [0.2, 0.25) is 5.91 Å². The second-order valence-electron chi connectivity index (χ2n) is 7.26. The van der Waals surface area contributed by atoms with E-state index in [9.17, 15) is 13.6 Å². The quantitative estimate of drug-likeness (QED) is 0.380. The number of anilines is 1. The minimum absolute atomic E-state index is 0.0528. The summed E-state index contributed by atoms with van der Waals surface area (Å²) in [5.74, 6) is 0.398. The molecule has 4 rings (SSSR count). The number of benzene rings is 1. The van der Waals surface area contributed by atoms with Crippen LogP contribution in [0.25, 0.3) is 11.2 Å². The van der Waals surface area contributed by atoms with E-state index in [0.29, 0.717) is 30.7 Å². The number of nitrogens with two attached hydrogens (primary N) is 1. The van der Waals surface area contributed by atoms with E-state index in [4.69, 9.17) is 5.73 Å². The normalized spacial score (nSPS) is 15.5. The molecule has 0 bridgehead atoms. The van der Waals surface area contributed by atoms with Crippen LogP contribution < -0.4 is 11.1 Å². The lowest BCUT2D eigenvalue weighted by atomic mass is 10.0. The number of nitrogens with one attached hydrogen (secondary N) is 1. The molecule has 1 unspecified atom stereocenters. The van der Waals surface area contributed by atoms with Crippen molar-refractivity contribution >= 4 is 45.5 Å². The van der Waals surface area contributed by atoms with E-state index in [1.165, 1.54) is 0 Å². The molecule has 1 aliphatic rings. The largest absolute Gasteiger partial charge is 0.382 e. The molecule has 1 aromatic carbocycles. The highest BCUT2D eigenvalue weighted by Gasteiger charge is 2.24. The summed E-state index contributed by atoms with van der Waals surface area (Å²) in [5.41, 5.74) is 9.08. The number of fused-ring (bicyclic) bond motifs is 2. The molecule has 1 aliphatic carbocycles. The van der Waals surface area contributed by atoms with Gasteiger partial charge in [-0.1, -0.05) is 6.07 Å². The summed E-state index contributed by atoms with van der Waals surface area (Å²) in [5, 5.41) is 2.74. The predicted molar refractivity (Wildman–Crippen MR) is 117 cm³/mol. The van der Waals surface area contributed by atoms with Gasteiger partial charge in [0.25, 0.3) is 0 Å². The van der Waals surface area contributed by atoms with Gasteiger partial charge in [0.05, 0.1) is 0 Å². The number of aryl methyl sites for hydroxylation is 2. The highest BCUT2D eigenvalue weighted by molar-refractivity contribution is 14.1. The molecule has 0 saturated heterocycles. The van der Waals surface area contributed by atoms with Gasteiger partial charge in [0.15, 0.2) is 17.0 Å². The molecular formula is C20H21F2IN6O. The van der Waals surface area contributed by atoms with Crippen molar-refractivity contribution in [3.8, 4) is 0 Å². The van der Waals surface area contributed by atoms with Crippen molar-refractivity contribution in [2.75, 3.05) is 12.3 Å². The third-order valence-corrected chi connectivity index (χ3v) is 6.28. The maximum absolute atomic E-state index is 14.2. The Morgan fingerprint density at radius 1 is 1.37 bits per heavy atom. The van der Waals surface area contributed by atoms with Crippen molar-refractivity contribution < 1.29 is 13.6 Å². The van der Waals surface area contributed by atoms with Crippen LogP contribution in [0.5, 0.6) is 0 Å². The Labute approximate surface area is 185 Å². The topological polar surface area (TPSA) is 98.7 Å².